The fraction of sp³-hybridized carbons (Fsp3) is 0.458. The highest BCUT2D eigenvalue weighted by atomic mass is 16.5. The molecule has 0 N–H and O–H groups in total. The van der Waals surface area contributed by atoms with Crippen molar-refractivity contribution >= 4 is 5.91 Å². The topological polar surface area (TPSA) is 38.8 Å². The van der Waals surface area contributed by atoms with Crippen molar-refractivity contribution < 1.29 is 14.3 Å². The highest BCUT2D eigenvalue weighted by molar-refractivity contribution is 5.97. The zero-order valence-corrected chi connectivity index (χ0v) is 17.0. The van der Waals surface area contributed by atoms with Crippen molar-refractivity contribution in [1.29, 1.82) is 0 Å². The third-order valence-electron chi connectivity index (χ3n) is 6.47. The molecule has 2 aromatic rings. The zero-order valence-electron chi connectivity index (χ0n) is 17.0. The minimum atomic E-state index is 0.0596. The molecule has 28 heavy (non-hydrogen) atoms. The number of hydrogen-bond donors (Lipinski definition) is 0. The molecule has 2 aromatic carbocycles. The quantitative estimate of drug-likeness (QED) is 0.747. The van der Waals surface area contributed by atoms with Gasteiger partial charge in [-0.25, -0.2) is 0 Å². The van der Waals surface area contributed by atoms with Crippen LogP contribution >= 0.6 is 0 Å². The smallest absolute Gasteiger partial charge is 0.257 e. The van der Waals surface area contributed by atoms with Crippen LogP contribution in [0.4, 0.5) is 0 Å². The number of carbonyl (C=O) groups is 1. The predicted molar refractivity (Wildman–Crippen MR) is 109 cm³/mol. The highest BCUT2D eigenvalue weighted by Gasteiger charge is 2.63. The summed E-state index contributed by atoms with van der Waals surface area (Å²) >= 11 is 0. The number of para-hydroxylation sites is 1. The van der Waals surface area contributed by atoms with Gasteiger partial charge in [0.05, 0.1) is 12.2 Å². The second-order valence-corrected chi connectivity index (χ2v) is 8.97. The van der Waals surface area contributed by atoms with Gasteiger partial charge in [0.1, 0.15) is 12.4 Å². The van der Waals surface area contributed by atoms with E-state index in [2.05, 4.69) is 13.8 Å². The number of amides is 1. The molecule has 1 aliphatic carbocycles. The Hall–Kier alpha value is -2.33. The molecule has 4 heteroatoms. The minimum Gasteiger partial charge on any atom is -0.488 e. The lowest BCUT2D eigenvalue weighted by molar-refractivity contribution is -0.107. The van der Waals surface area contributed by atoms with Gasteiger partial charge in [-0.15, -0.1) is 0 Å². The van der Waals surface area contributed by atoms with E-state index < -0.39 is 0 Å². The Balaban J connectivity index is 1.51. The Morgan fingerprint density at radius 1 is 1.11 bits per heavy atom. The van der Waals surface area contributed by atoms with Gasteiger partial charge in [-0.3, -0.25) is 4.79 Å². The van der Waals surface area contributed by atoms with Crippen molar-refractivity contribution in [2.75, 3.05) is 26.8 Å². The van der Waals surface area contributed by atoms with Gasteiger partial charge in [-0.1, -0.05) is 56.3 Å². The molecule has 2 aliphatic rings. The standard InChI is InChI=1S/C24H29NO3/c1-23(2)15-24(17-27-3)16-25(13-21(23)24)22(26)19-11-7-8-12-20(19)28-14-18-9-5-4-6-10-18/h4-12,21H,13-17H2,1-3H3/t21-,24-/m1/s1. The summed E-state index contributed by atoms with van der Waals surface area (Å²) in [5, 5.41) is 0. The molecule has 0 aromatic heterocycles. The van der Waals surface area contributed by atoms with Gasteiger partial charge in [0.25, 0.3) is 5.91 Å². The Kier molecular flexibility index (Phi) is 4.92. The molecule has 0 radical (unpaired) electrons. The van der Waals surface area contributed by atoms with Crippen LogP contribution < -0.4 is 4.74 Å². The van der Waals surface area contributed by atoms with Gasteiger partial charge in [0.15, 0.2) is 0 Å². The lowest BCUT2D eigenvalue weighted by Crippen LogP contribution is -2.55. The second-order valence-electron chi connectivity index (χ2n) is 8.97. The van der Waals surface area contributed by atoms with E-state index in [4.69, 9.17) is 9.47 Å². The zero-order chi connectivity index (χ0) is 19.8. The summed E-state index contributed by atoms with van der Waals surface area (Å²) in [7, 11) is 1.76. The average Bonchev–Trinajstić information content (AvgIpc) is 3.02. The molecule has 4 nitrogen and oxygen atoms in total. The van der Waals surface area contributed by atoms with Gasteiger partial charge in [0.2, 0.25) is 0 Å². The Bertz CT molecular complexity index is 848. The molecule has 1 saturated carbocycles. The van der Waals surface area contributed by atoms with Crippen LogP contribution in [0.2, 0.25) is 0 Å². The van der Waals surface area contributed by atoms with Crippen molar-refractivity contribution in [2.45, 2.75) is 26.9 Å². The molecule has 4 rings (SSSR count). The molecular formula is C24H29NO3. The van der Waals surface area contributed by atoms with Crippen LogP contribution in [0.25, 0.3) is 0 Å². The first-order valence-electron chi connectivity index (χ1n) is 9.99. The van der Waals surface area contributed by atoms with E-state index in [-0.39, 0.29) is 16.7 Å². The van der Waals surface area contributed by atoms with E-state index in [1.807, 2.05) is 59.5 Å². The molecule has 1 saturated heterocycles. The summed E-state index contributed by atoms with van der Waals surface area (Å²) in [4.78, 5) is 15.4. The molecule has 148 valence electrons. The van der Waals surface area contributed by atoms with E-state index in [0.29, 0.717) is 23.8 Å². The van der Waals surface area contributed by atoms with Crippen LogP contribution in [0.5, 0.6) is 5.75 Å². The Labute approximate surface area is 167 Å². The predicted octanol–water partition coefficient (Wildman–Crippen LogP) is 4.40. The van der Waals surface area contributed by atoms with Gasteiger partial charge in [0, 0.05) is 25.6 Å². The van der Waals surface area contributed by atoms with Crippen LogP contribution in [-0.4, -0.2) is 37.6 Å². The number of benzene rings is 2. The first-order chi connectivity index (χ1) is 13.5. The molecule has 1 heterocycles. The van der Waals surface area contributed by atoms with Crippen molar-refractivity contribution in [2.24, 2.45) is 16.7 Å². The van der Waals surface area contributed by atoms with E-state index >= 15 is 0 Å². The number of rotatable bonds is 6. The third kappa shape index (κ3) is 3.30. The van der Waals surface area contributed by atoms with Crippen LogP contribution in [0.15, 0.2) is 54.6 Å². The van der Waals surface area contributed by atoms with Crippen LogP contribution in [0.3, 0.4) is 0 Å². The summed E-state index contributed by atoms with van der Waals surface area (Å²) in [6.07, 6.45) is 1.11. The normalized spacial score (nSPS) is 25.1. The maximum Gasteiger partial charge on any atom is 0.257 e. The number of likely N-dealkylation sites (tertiary alicyclic amines) is 1. The van der Waals surface area contributed by atoms with E-state index in [1.165, 1.54) is 0 Å². The van der Waals surface area contributed by atoms with Gasteiger partial charge in [-0.2, -0.15) is 0 Å². The number of hydrogen-bond acceptors (Lipinski definition) is 3. The molecule has 0 spiro atoms. The fourth-order valence-corrected chi connectivity index (χ4v) is 5.44. The number of methoxy groups -OCH3 is 1. The lowest BCUT2D eigenvalue weighted by atomic mass is 9.48. The first-order valence-corrected chi connectivity index (χ1v) is 9.99. The fourth-order valence-electron chi connectivity index (χ4n) is 5.44. The molecule has 2 atom stereocenters. The maximum absolute atomic E-state index is 13.4. The van der Waals surface area contributed by atoms with Crippen LogP contribution in [0.1, 0.15) is 36.2 Å². The SMILES string of the molecule is COC[C@@]12CN(C(=O)c3ccccc3OCc3ccccc3)C[C@@H]1C(C)(C)C2. The maximum atomic E-state index is 13.4. The van der Waals surface area contributed by atoms with Gasteiger partial charge in [-0.05, 0) is 35.4 Å². The number of fused-ring (bicyclic) bond motifs is 1. The average molecular weight is 380 g/mol. The van der Waals surface area contributed by atoms with Gasteiger partial charge < -0.3 is 14.4 Å². The number of ether oxygens (including phenoxy) is 2. The van der Waals surface area contributed by atoms with Crippen molar-refractivity contribution in [3.63, 3.8) is 0 Å². The molecule has 1 aliphatic heterocycles. The van der Waals surface area contributed by atoms with E-state index in [1.54, 1.807) is 7.11 Å². The van der Waals surface area contributed by atoms with E-state index in [9.17, 15) is 4.79 Å². The molecule has 0 unspecified atom stereocenters. The lowest BCUT2D eigenvalue weighted by Gasteiger charge is -2.56. The number of carbonyl (C=O) groups excluding carboxylic acids is 1. The van der Waals surface area contributed by atoms with Crippen molar-refractivity contribution in [3.05, 3.63) is 65.7 Å². The Morgan fingerprint density at radius 3 is 2.54 bits per heavy atom. The first kappa shape index (κ1) is 19.0. The molecule has 0 bridgehead atoms. The summed E-state index contributed by atoms with van der Waals surface area (Å²) in [5.74, 6) is 1.20. The summed E-state index contributed by atoms with van der Waals surface area (Å²) in [6, 6.07) is 17.6. The Morgan fingerprint density at radius 2 is 1.82 bits per heavy atom. The summed E-state index contributed by atoms with van der Waals surface area (Å²) in [6.45, 7) is 7.33. The van der Waals surface area contributed by atoms with E-state index in [0.717, 1.165) is 31.7 Å². The second kappa shape index (κ2) is 7.25. The monoisotopic (exact) mass is 379 g/mol. The van der Waals surface area contributed by atoms with Crippen molar-refractivity contribution in [1.82, 2.24) is 4.90 Å². The largest absolute Gasteiger partial charge is 0.488 e. The van der Waals surface area contributed by atoms with Crippen LogP contribution in [0, 0.1) is 16.7 Å². The van der Waals surface area contributed by atoms with Crippen LogP contribution in [-0.2, 0) is 11.3 Å². The highest BCUT2D eigenvalue weighted by Crippen LogP contribution is 2.62. The van der Waals surface area contributed by atoms with Gasteiger partial charge >= 0.3 is 0 Å². The summed E-state index contributed by atoms with van der Waals surface area (Å²) < 4.78 is 11.5. The minimum absolute atomic E-state index is 0.0596. The molecule has 1 amide bonds. The van der Waals surface area contributed by atoms with Crippen molar-refractivity contribution in [3.8, 4) is 5.75 Å². The molecule has 2 fully saturated rings. The third-order valence-corrected chi connectivity index (χ3v) is 6.47. The molecular weight excluding hydrogens is 350 g/mol. The number of nitrogens with zero attached hydrogens (tertiary/aromatic N) is 1. The summed E-state index contributed by atoms with van der Waals surface area (Å²) in [5.41, 5.74) is 2.10.